The quantitative estimate of drug-likeness (QED) is 0.598. The number of ether oxygens (including phenoxy) is 1. The van der Waals surface area contributed by atoms with Gasteiger partial charge in [-0.05, 0) is 53.2 Å². The minimum atomic E-state index is -3.90. The number of halogens is 2. The van der Waals surface area contributed by atoms with E-state index in [4.69, 9.17) is 4.74 Å². The van der Waals surface area contributed by atoms with Crippen LogP contribution in [0.1, 0.15) is 11.1 Å². The Morgan fingerprint density at radius 3 is 2.38 bits per heavy atom. The van der Waals surface area contributed by atoms with Crippen molar-refractivity contribution in [3.05, 3.63) is 61.4 Å². The van der Waals surface area contributed by atoms with Crippen LogP contribution in [-0.4, -0.2) is 15.5 Å². The number of hydrogen-bond donors (Lipinski definition) is 0. The molecule has 2 aromatic carbocycles. The topological polar surface area (TPSA) is 67.2 Å². The highest BCUT2D eigenvalue weighted by atomic mass is 79.9. The van der Waals surface area contributed by atoms with E-state index in [0.717, 1.165) is 10.0 Å². The Balaban J connectivity index is 2.62. The van der Waals surface area contributed by atoms with Gasteiger partial charge in [-0.2, -0.15) is 5.26 Å². The van der Waals surface area contributed by atoms with E-state index in [1.54, 1.807) is 30.3 Å². The van der Waals surface area contributed by atoms with Gasteiger partial charge in [0.2, 0.25) is 9.84 Å². The zero-order chi connectivity index (χ0) is 17.9. The molecule has 124 valence electrons. The zero-order valence-corrected chi connectivity index (χ0v) is 16.9. The van der Waals surface area contributed by atoms with Crippen molar-refractivity contribution in [1.82, 2.24) is 0 Å². The second-order valence-corrected chi connectivity index (χ2v) is 8.64. The lowest BCUT2D eigenvalue weighted by Gasteiger charge is -2.09. The van der Waals surface area contributed by atoms with Crippen LogP contribution in [0.15, 0.2) is 55.1 Å². The number of allylic oxidation sites excluding steroid dienone is 1. The maximum absolute atomic E-state index is 12.7. The van der Waals surface area contributed by atoms with E-state index >= 15 is 0 Å². The van der Waals surface area contributed by atoms with Crippen molar-refractivity contribution < 1.29 is 13.2 Å². The molecule has 2 aromatic rings. The van der Waals surface area contributed by atoms with Crippen LogP contribution in [0.3, 0.4) is 0 Å². The summed E-state index contributed by atoms with van der Waals surface area (Å²) in [7, 11) is -2.42. The highest BCUT2D eigenvalue weighted by Gasteiger charge is 2.21. The van der Waals surface area contributed by atoms with Crippen molar-refractivity contribution >= 4 is 47.8 Å². The molecule has 0 aromatic heterocycles. The minimum Gasteiger partial charge on any atom is -0.495 e. The molecule has 0 amide bonds. The molecule has 0 aliphatic heterocycles. The number of hydrogen-bond acceptors (Lipinski definition) is 4. The van der Waals surface area contributed by atoms with Gasteiger partial charge in [-0.25, -0.2) is 8.42 Å². The van der Waals surface area contributed by atoms with Crippen molar-refractivity contribution in [3.63, 3.8) is 0 Å². The highest BCUT2D eigenvalue weighted by molar-refractivity contribution is 9.11. The summed E-state index contributed by atoms with van der Waals surface area (Å²) in [6.45, 7) is 1.86. The van der Waals surface area contributed by atoms with Crippen LogP contribution < -0.4 is 4.74 Å². The van der Waals surface area contributed by atoms with E-state index in [2.05, 4.69) is 31.9 Å². The summed E-state index contributed by atoms with van der Waals surface area (Å²) < 4.78 is 32.1. The third kappa shape index (κ3) is 3.89. The molecule has 0 saturated carbocycles. The van der Waals surface area contributed by atoms with Gasteiger partial charge < -0.3 is 4.74 Å². The average molecular weight is 471 g/mol. The van der Waals surface area contributed by atoms with E-state index in [0.29, 0.717) is 15.8 Å². The van der Waals surface area contributed by atoms with Crippen LogP contribution in [0.25, 0.3) is 6.08 Å². The maximum Gasteiger partial charge on any atom is 0.216 e. The summed E-state index contributed by atoms with van der Waals surface area (Å²) in [5.41, 5.74) is 1.42. The number of nitrogens with zero attached hydrogens (tertiary/aromatic N) is 1. The predicted molar refractivity (Wildman–Crippen MR) is 100 cm³/mol. The van der Waals surface area contributed by atoms with Gasteiger partial charge in [0.1, 0.15) is 16.7 Å². The van der Waals surface area contributed by atoms with Gasteiger partial charge in [0.15, 0.2) is 0 Å². The number of nitriles is 1. The third-order valence-corrected chi connectivity index (χ3v) is 5.99. The van der Waals surface area contributed by atoms with Crippen LogP contribution in [0.4, 0.5) is 0 Å². The molecule has 0 heterocycles. The lowest BCUT2D eigenvalue weighted by molar-refractivity contribution is 0.411. The van der Waals surface area contributed by atoms with Crippen LogP contribution in [0, 0.1) is 18.3 Å². The molecule has 24 heavy (non-hydrogen) atoms. The number of methoxy groups -OCH3 is 1. The molecule has 0 spiro atoms. The van der Waals surface area contributed by atoms with Crippen molar-refractivity contribution in [2.45, 2.75) is 11.8 Å². The molecule has 2 rings (SSSR count). The zero-order valence-electron chi connectivity index (χ0n) is 12.9. The first-order chi connectivity index (χ1) is 11.3. The standard InChI is InChI=1S/C17H13Br2NO3S/c1-11-3-5-14(6-4-11)24(21,22)15(10-20)8-12-7-13(18)9-16(19)17(12)23-2/h3-9H,1-2H3/b15-8+. The van der Waals surface area contributed by atoms with E-state index in [1.807, 2.05) is 6.92 Å². The monoisotopic (exact) mass is 469 g/mol. The Bertz CT molecular complexity index is 943. The fourth-order valence-electron chi connectivity index (χ4n) is 2.06. The smallest absolute Gasteiger partial charge is 0.216 e. The second-order valence-electron chi connectivity index (χ2n) is 4.95. The van der Waals surface area contributed by atoms with Crippen LogP contribution in [-0.2, 0) is 9.84 Å². The van der Waals surface area contributed by atoms with Crippen molar-refractivity contribution in [2.24, 2.45) is 0 Å². The molecular weight excluding hydrogens is 458 g/mol. The molecule has 0 fully saturated rings. The molecule has 7 heteroatoms. The SMILES string of the molecule is COc1c(Br)cc(Br)cc1/C=C(\C#N)S(=O)(=O)c1ccc(C)cc1. The average Bonchev–Trinajstić information content (AvgIpc) is 2.52. The van der Waals surface area contributed by atoms with Crippen molar-refractivity contribution in [1.29, 1.82) is 5.26 Å². The first-order valence-electron chi connectivity index (χ1n) is 6.76. The van der Waals surface area contributed by atoms with Gasteiger partial charge in [0, 0.05) is 10.0 Å². The first kappa shape index (κ1) is 18.7. The van der Waals surface area contributed by atoms with Gasteiger partial charge >= 0.3 is 0 Å². The van der Waals surface area contributed by atoms with Gasteiger partial charge in [0.25, 0.3) is 0 Å². The molecule has 0 saturated heterocycles. The minimum absolute atomic E-state index is 0.0777. The number of aryl methyl sites for hydroxylation is 1. The van der Waals surface area contributed by atoms with E-state index in [9.17, 15) is 13.7 Å². The molecule has 0 unspecified atom stereocenters. The molecule has 0 aliphatic carbocycles. The van der Waals surface area contributed by atoms with Crippen molar-refractivity contribution in [2.75, 3.05) is 7.11 Å². The normalized spacial score (nSPS) is 11.9. The van der Waals surface area contributed by atoms with Crippen LogP contribution >= 0.6 is 31.9 Å². The lowest BCUT2D eigenvalue weighted by atomic mass is 10.2. The van der Waals surface area contributed by atoms with Gasteiger partial charge in [0.05, 0.1) is 16.5 Å². The molecule has 0 N–H and O–H groups in total. The molecule has 4 nitrogen and oxygen atoms in total. The highest BCUT2D eigenvalue weighted by Crippen LogP contribution is 2.35. The number of sulfone groups is 1. The fourth-order valence-corrected chi connectivity index (χ4v) is 4.63. The van der Waals surface area contributed by atoms with E-state index in [1.165, 1.54) is 25.3 Å². The van der Waals surface area contributed by atoms with Gasteiger partial charge in [-0.3, -0.25) is 0 Å². The summed E-state index contributed by atoms with van der Waals surface area (Å²) in [6, 6.07) is 11.6. The van der Waals surface area contributed by atoms with Gasteiger partial charge in [-0.15, -0.1) is 0 Å². The summed E-state index contributed by atoms with van der Waals surface area (Å²) >= 11 is 6.70. The molecule has 0 bridgehead atoms. The van der Waals surface area contributed by atoms with E-state index in [-0.39, 0.29) is 9.80 Å². The van der Waals surface area contributed by atoms with E-state index < -0.39 is 9.84 Å². The molecule has 0 atom stereocenters. The van der Waals surface area contributed by atoms with Crippen LogP contribution in [0.2, 0.25) is 0 Å². The third-order valence-electron chi connectivity index (χ3n) is 3.26. The lowest BCUT2D eigenvalue weighted by Crippen LogP contribution is -2.04. The van der Waals surface area contributed by atoms with Gasteiger partial charge in [-0.1, -0.05) is 33.6 Å². The Labute approximate surface area is 157 Å². The summed E-state index contributed by atoms with van der Waals surface area (Å²) in [5, 5.41) is 9.38. The molecular formula is C17H13Br2NO3S. The van der Waals surface area contributed by atoms with Crippen molar-refractivity contribution in [3.8, 4) is 11.8 Å². The molecule has 0 aliphatic rings. The number of rotatable bonds is 4. The summed E-state index contributed by atoms with van der Waals surface area (Å²) in [4.78, 5) is -0.274. The Hall–Kier alpha value is -1.62. The first-order valence-corrected chi connectivity index (χ1v) is 9.83. The number of benzene rings is 2. The fraction of sp³-hybridized carbons (Fsp3) is 0.118. The molecule has 0 radical (unpaired) electrons. The Morgan fingerprint density at radius 1 is 1.21 bits per heavy atom. The largest absolute Gasteiger partial charge is 0.495 e. The Kier molecular flexibility index (Phi) is 5.86. The predicted octanol–water partition coefficient (Wildman–Crippen LogP) is 4.87. The Morgan fingerprint density at radius 2 is 1.83 bits per heavy atom. The summed E-state index contributed by atoms with van der Waals surface area (Å²) in [6.07, 6.45) is 1.31. The summed E-state index contributed by atoms with van der Waals surface area (Å²) in [5.74, 6) is 0.449. The maximum atomic E-state index is 12.7. The van der Waals surface area contributed by atoms with Crippen LogP contribution in [0.5, 0.6) is 5.75 Å². The second kappa shape index (κ2) is 7.51.